The number of aliphatic imine (C=N–C) groups is 1. The molecule has 5 nitrogen and oxygen atoms in total. The summed E-state index contributed by atoms with van der Waals surface area (Å²) in [5.74, 6) is 1.61. The Bertz CT molecular complexity index is 1130. The lowest BCUT2D eigenvalue weighted by Gasteiger charge is -2.41. The van der Waals surface area contributed by atoms with E-state index in [1.54, 1.807) is 0 Å². The largest absolute Gasteiger partial charge is 0.367 e. The van der Waals surface area contributed by atoms with E-state index in [4.69, 9.17) is 4.99 Å². The zero-order valence-corrected chi connectivity index (χ0v) is 19.5. The van der Waals surface area contributed by atoms with Crippen molar-refractivity contribution in [3.05, 3.63) is 95.6 Å². The molecule has 2 aliphatic heterocycles. The van der Waals surface area contributed by atoms with Gasteiger partial charge in [-0.3, -0.25) is 20.9 Å². The van der Waals surface area contributed by atoms with E-state index in [1.165, 1.54) is 53.5 Å². The van der Waals surface area contributed by atoms with Gasteiger partial charge in [-0.05, 0) is 41.2 Å². The Morgan fingerprint density at radius 2 is 1.44 bits per heavy atom. The standard InChI is InChI=1S/C29H33N5/c1-2-7-22(8-3-1)29-33-26-12-5-4-11-25(26)27(34-29)21-15-13-20(14-16-21)23-9-6-10-24(17-23)28-31-18-30-19-32-28/h1-3,6-10,13-17,25-28,30-32H,4-5,11-12,18-19H2,(H,33,34). The molecule has 1 saturated carbocycles. The summed E-state index contributed by atoms with van der Waals surface area (Å²) in [7, 11) is 0. The predicted molar refractivity (Wildman–Crippen MR) is 138 cm³/mol. The average molecular weight is 452 g/mol. The molecule has 34 heavy (non-hydrogen) atoms. The summed E-state index contributed by atoms with van der Waals surface area (Å²) in [5, 5.41) is 14.0. The quantitative estimate of drug-likeness (QED) is 0.464. The van der Waals surface area contributed by atoms with Gasteiger partial charge in [-0.1, -0.05) is 85.6 Å². The first kappa shape index (κ1) is 21.5. The lowest BCUT2D eigenvalue weighted by molar-refractivity contribution is 0.236. The SMILES string of the molecule is c1ccc(C2=NC(c3ccc(-c4cccc(C5NCNCN5)c4)cc3)C3CCCCC3N2)cc1. The minimum absolute atomic E-state index is 0.184. The van der Waals surface area contributed by atoms with Crippen molar-refractivity contribution >= 4 is 5.84 Å². The lowest BCUT2D eigenvalue weighted by Crippen LogP contribution is -2.50. The molecule has 174 valence electrons. The number of hydrogen-bond donors (Lipinski definition) is 4. The molecule has 2 fully saturated rings. The first-order valence-electron chi connectivity index (χ1n) is 12.6. The predicted octanol–water partition coefficient (Wildman–Crippen LogP) is 4.70. The zero-order valence-electron chi connectivity index (χ0n) is 19.5. The normalized spacial score (nSPS) is 25.2. The summed E-state index contributed by atoms with van der Waals surface area (Å²) in [6, 6.07) is 29.3. The molecule has 0 amide bonds. The highest BCUT2D eigenvalue weighted by Crippen LogP contribution is 2.40. The van der Waals surface area contributed by atoms with Gasteiger partial charge in [0.05, 0.1) is 12.2 Å². The smallest absolute Gasteiger partial charge is 0.129 e. The number of fused-ring (bicyclic) bond motifs is 1. The molecular weight excluding hydrogens is 418 g/mol. The van der Waals surface area contributed by atoms with E-state index in [-0.39, 0.29) is 12.2 Å². The molecule has 0 spiro atoms. The van der Waals surface area contributed by atoms with Gasteiger partial charge in [0.2, 0.25) is 0 Å². The first-order valence-corrected chi connectivity index (χ1v) is 12.6. The van der Waals surface area contributed by atoms with Crippen LogP contribution in [0.2, 0.25) is 0 Å². The summed E-state index contributed by atoms with van der Waals surface area (Å²) in [6.07, 6.45) is 5.27. The number of nitrogens with one attached hydrogen (secondary N) is 4. The number of rotatable bonds is 4. The molecule has 0 aromatic heterocycles. The van der Waals surface area contributed by atoms with Gasteiger partial charge < -0.3 is 5.32 Å². The molecule has 3 aromatic carbocycles. The molecule has 1 saturated heterocycles. The van der Waals surface area contributed by atoms with Gasteiger partial charge in [-0.2, -0.15) is 0 Å². The second-order valence-electron chi connectivity index (χ2n) is 9.68. The maximum atomic E-state index is 5.27. The molecule has 0 bridgehead atoms. The van der Waals surface area contributed by atoms with Gasteiger partial charge in [-0.15, -0.1) is 0 Å². The van der Waals surface area contributed by atoms with Gasteiger partial charge in [-0.25, -0.2) is 0 Å². The van der Waals surface area contributed by atoms with Crippen LogP contribution >= 0.6 is 0 Å². The lowest BCUT2D eigenvalue weighted by atomic mass is 9.76. The topological polar surface area (TPSA) is 60.5 Å². The van der Waals surface area contributed by atoms with E-state index >= 15 is 0 Å². The van der Waals surface area contributed by atoms with E-state index in [9.17, 15) is 0 Å². The van der Waals surface area contributed by atoms with Crippen LogP contribution in [0.25, 0.3) is 11.1 Å². The summed E-state index contributed by atoms with van der Waals surface area (Å²) in [4.78, 5) is 5.27. The van der Waals surface area contributed by atoms with Gasteiger partial charge in [0.15, 0.2) is 0 Å². The molecule has 3 atom stereocenters. The van der Waals surface area contributed by atoms with E-state index in [0.29, 0.717) is 12.0 Å². The molecule has 3 aliphatic rings. The minimum atomic E-state index is 0.184. The molecule has 4 N–H and O–H groups in total. The van der Waals surface area contributed by atoms with Crippen molar-refractivity contribution in [2.24, 2.45) is 10.9 Å². The van der Waals surface area contributed by atoms with E-state index in [2.05, 4.69) is 100 Å². The van der Waals surface area contributed by atoms with Crippen LogP contribution in [0.5, 0.6) is 0 Å². The molecule has 3 aromatic rings. The van der Waals surface area contributed by atoms with Crippen LogP contribution < -0.4 is 21.3 Å². The van der Waals surface area contributed by atoms with Gasteiger partial charge >= 0.3 is 0 Å². The average Bonchev–Trinajstić information content (AvgIpc) is 2.93. The number of amidine groups is 1. The Balaban J connectivity index is 1.29. The molecule has 5 heteroatoms. The van der Waals surface area contributed by atoms with Crippen LogP contribution in [0.4, 0.5) is 0 Å². The summed E-state index contributed by atoms with van der Waals surface area (Å²) < 4.78 is 0. The highest BCUT2D eigenvalue weighted by atomic mass is 15.3. The summed E-state index contributed by atoms with van der Waals surface area (Å²) >= 11 is 0. The van der Waals surface area contributed by atoms with Crippen LogP contribution in [0.1, 0.15) is 54.6 Å². The maximum absolute atomic E-state index is 5.27. The fraction of sp³-hybridized carbons (Fsp3) is 0.345. The molecule has 0 radical (unpaired) electrons. The van der Waals surface area contributed by atoms with Gasteiger partial charge in [0.25, 0.3) is 0 Å². The third kappa shape index (κ3) is 4.39. The molecule has 6 rings (SSSR count). The van der Waals surface area contributed by atoms with Crippen molar-refractivity contribution in [3.8, 4) is 11.1 Å². The molecule has 3 unspecified atom stereocenters. The summed E-state index contributed by atoms with van der Waals surface area (Å²) in [6.45, 7) is 1.64. The van der Waals surface area contributed by atoms with Crippen molar-refractivity contribution < 1.29 is 0 Å². The third-order valence-electron chi connectivity index (χ3n) is 7.53. The molecule has 1 aliphatic carbocycles. The van der Waals surface area contributed by atoms with Crippen molar-refractivity contribution in [3.63, 3.8) is 0 Å². The van der Waals surface area contributed by atoms with Gasteiger partial charge in [0, 0.05) is 30.9 Å². The van der Waals surface area contributed by atoms with E-state index in [0.717, 1.165) is 19.2 Å². The highest BCUT2D eigenvalue weighted by molar-refractivity contribution is 5.99. The van der Waals surface area contributed by atoms with Crippen molar-refractivity contribution in [2.45, 2.75) is 43.9 Å². The Kier molecular flexibility index (Phi) is 6.15. The Morgan fingerprint density at radius 3 is 2.26 bits per heavy atom. The molecule has 2 heterocycles. The van der Waals surface area contributed by atoms with Gasteiger partial charge in [0.1, 0.15) is 5.84 Å². The monoisotopic (exact) mass is 451 g/mol. The fourth-order valence-electron chi connectivity index (χ4n) is 5.73. The Hall–Kier alpha value is -2.99. The second-order valence-corrected chi connectivity index (χ2v) is 9.68. The zero-order chi connectivity index (χ0) is 22.7. The van der Waals surface area contributed by atoms with E-state index in [1.807, 2.05) is 0 Å². The Labute approximate surface area is 202 Å². The number of nitrogens with zero attached hydrogens (tertiary/aromatic N) is 1. The third-order valence-corrected chi connectivity index (χ3v) is 7.53. The van der Waals surface area contributed by atoms with Crippen molar-refractivity contribution in [1.82, 2.24) is 21.3 Å². The Morgan fingerprint density at radius 1 is 0.676 bits per heavy atom. The van der Waals surface area contributed by atoms with Crippen LogP contribution in [-0.2, 0) is 0 Å². The highest BCUT2D eigenvalue weighted by Gasteiger charge is 2.36. The van der Waals surface area contributed by atoms with Crippen LogP contribution in [0.3, 0.4) is 0 Å². The fourth-order valence-corrected chi connectivity index (χ4v) is 5.73. The van der Waals surface area contributed by atoms with Crippen molar-refractivity contribution in [1.29, 1.82) is 0 Å². The second kappa shape index (κ2) is 9.71. The van der Waals surface area contributed by atoms with Crippen LogP contribution in [-0.4, -0.2) is 25.2 Å². The van der Waals surface area contributed by atoms with Crippen LogP contribution in [0, 0.1) is 5.92 Å². The summed E-state index contributed by atoms with van der Waals surface area (Å²) in [5.41, 5.74) is 6.28. The number of hydrogen-bond acceptors (Lipinski definition) is 5. The number of benzene rings is 3. The minimum Gasteiger partial charge on any atom is -0.367 e. The molecular formula is C29H33N5. The van der Waals surface area contributed by atoms with Crippen LogP contribution in [0.15, 0.2) is 83.9 Å². The first-order chi connectivity index (χ1) is 16.8. The maximum Gasteiger partial charge on any atom is 0.129 e. The van der Waals surface area contributed by atoms with Crippen molar-refractivity contribution in [2.75, 3.05) is 13.3 Å². The van der Waals surface area contributed by atoms with E-state index < -0.39 is 0 Å².